The van der Waals surface area contributed by atoms with Crippen LogP contribution in [0, 0.1) is 0 Å². The minimum Gasteiger partial charge on any atom is -0.356 e. The molecule has 31 heavy (non-hydrogen) atoms. The summed E-state index contributed by atoms with van der Waals surface area (Å²) in [6, 6.07) is 17.9. The van der Waals surface area contributed by atoms with E-state index in [9.17, 15) is 21.6 Å². The summed E-state index contributed by atoms with van der Waals surface area (Å²) >= 11 is 1.13. The normalized spacial score (nSPS) is 11.7. The Labute approximate surface area is 186 Å². The highest BCUT2D eigenvalue weighted by molar-refractivity contribution is 7.94. The lowest BCUT2D eigenvalue weighted by Gasteiger charge is -2.08. The van der Waals surface area contributed by atoms with E-state index in [2.05, 4.69) is 10.0 Å². The Morgan fingerprint density at radius 2 is 1.58 bits per heavy atom. The maximum absolute atomic E-state index is 12.2. The van der Waals surface area contributed by atoms with Gasteiger partial charge in [-0.1, -0.05) is 36.4 Å². The van der Waals surface area contributed by atoms with Gasteiger partial charge >= 0.3 is 0 Å². The van der Waals surface area contributed by atoms with Crippen molar-refractivity contribution in [2.45, 2.75) is 21.9 Å². The predicted octanol–water partition coefficient (Wildman–Crippen LogP) is 3.07. The van der Waals surface area contributed by atoms with Crippen molar-refractivity contribution >= 4 is 42.8 Å². The van der Waals surface area contributed by atoms with Gasteiger partial charge in [0.15, 0.2) is 9.84 Å². The number of carbonyl (C=O) groups is 1. The van der Waals surface area contributed by atoms with Crippen LogP contribution in [0.3, 0.4) is 0 Å². The molecule has 1 amide bonds. The van der Waals surface area contributed by atoms with Crippen molar-refractivity contribution in [1.82, 2.24) is 5.32 Å². The fourth-order valence-electron chi connectivity index (χ4n) is 2.80. The van der Waals surface area contributed by atoms with Crippen LogP contribution in [0.5, 0.6) is 0 Å². The van der Waals surface area contributed by atoms with Crippen LogP contribution in [0.15, 0.2) is 81.2 Å². The van der Waals surface area contributed by atoms with Gasteiger partial charge in [-0.3, -0.25) is 9.52 Å². The van der Waals surface area contributed by atoms with Gasteiger partial charge in [-0.25, -0.2) is 16.8 Å². The van der Waals surface area contributed by atoms with Gasteiger partial charge in [-0.2, -0.15) is 0 Å². The van der Waals surface area contributed by atoms with Crippen molar-refractivity contribution < 1.29 is 21.6 Å². The third-order valence-corrected chi connectivity index (χ3v) is 8.94. The van der Waals surface area contributed by atoms with Crippen LogP contribution in [0.4, 0.5) is 5.69 Å². The molecule has 0 aliphatic rings. The first kappa shape index (κ1) is 23.0. The summed E-state index contributed by atoms with van der Waals surface area (Å²) in [5.74, 6) is -0.278. The lowest BCUT2D eigenvalue weighted by Crippen LogP contribution is -2.27. The first-order valence-electron chi connectivity index (χ1n) is 9.46. The number of nitrogens with one attached hydrogen (secondary N) is 2. The second-order valence-corrected chi connectivity index (χ2v) is 11.7. The van der Waals surface area contributed by atoms with Gasteiger partial charge in [-0.05, 0) is 47.7 Å². The molecule has 0 radical (unpaired) electrons. The number of benzene rings is 2. The van der Waals surface area contributed by atoms with Crippen molar-refractivity contribution in [2.24, 2.45) is 0 Å². The molecule has 3 aromatic rings. The van der Waals surface area contributed by atoms with Crippen LogP contribution >= 0.6 is 11.3 Å². The zero-order valence-electron chi connectivity index (χ0n) is 16.5. The summed E-state index contributed by atoms with van der Waals surface area (Å²) in [6.45, 7) is 0.254. The van der Waals surface area contributed by atoms with E-state index in [-0.39, 0.29) is 33.7 Å². The van der Waals surface area contributed by atoms with E-state index in [4.69, 9.17) is 0 Å². The van der Waals surface area contributed by atoms with Crippen LogP contribution < -0.4 is 10.0 Å². The Balaban J connectivity index is 1.44. The van der Waals surface area contributed by atoms with Gasteiger partial charge in [0.2, 0.25) is 5.91 Å². The molecule has 0 aliphatic heterocycles. The molecule has 0 saturated carbocycles. The van der Waals surface area contributed by atoms with E-state index in [0.29, 0.717) is 17.7 Å². The minimum atomic E-state index is -3.61. The van der Waals surface area contributed by atoms with E-state index in [1.165, 1.54) is 6.07 Å². The lowest BCUT2D eigenvalue weighted by molar-refractivity contribution is -0.120. The molecule has 0 unspecified atom stereocenters. The van der Waals surface area contributed by atoms with E-state index in [1.807, 2.05) is 0 Å². The fourth-order valence-corrected chi connectivity index (χ4v) is 6.18. The number of carbonyl (C=O) groups excluding carboxylic acids is 1. The fraction of sp³-hybridized carbons (Fsp3) is 0.190. The average molecular weight is 479 g/mol. The molecule has 0 spiro atoms. The zero-order chi connectivity index (χ0) is 22.3. The number of sulfone groups is 1. The van der Waals surface area contributed by atoms with Crippen molar-refractivity contribution in [1.29, 1.82) is 0 Å². The number of hydrogen-bond acceptors (Lipinski definition) is 6. The lowest BCUT2D eigenvalue weighted by atomic mass is 10.1. The van der Waals surface area contributed by atoms with E-state index < -0.39 is 19.9 Å². The summed E-state index contributed by atoms with van der Waals surface area (Å²) < 4.78 is 51.6. The molecule has 3 rings (SSSR count). The topological polar surface area (TPSA) is 109 Å². The summed E-state index contributed by atoms with van der Waals surface area (Å²) in [4.78, 5) is 12.4. The van der Waals surface area contributed by atoms with Gasteiger partial charge in [0.05, 0.1) is 17.1 Å². The Morgan fingerprint density at radius 1 is 0.871 bits per heavy atom. The average Bonchev–Trinajstić information content (AvgIpc) is 3.29. The monoisotopic (exact) mass is 478 g/mol. The molecule has 1 aromatic heterocycles. The van der Waals surface area contributed by atoms with Crippen molar-refractivity contribution in [2.75, 3.05) is 17.0 Å². The zero-order valence-corrected chi connectivity index (χ0v) is 19.0. The number of hydrogen-bond donors (Lipinski definition) is 2. The molecule has 0 atom stereocenters. The highest BCUT2D eigenvalue weighted by atomic mass is 32.2. The number of sulfonamides is 1. The van der Waals surface area contributed by atoms with E-state index in [0.717, 1.165) is 11.3 Å². The van der Waals surface area contributed by atoms with Gasteiger partial charge in [-0.15, -0.1) is 11.3 Å². The van der Waals surface area contributed by atoms with Crippen LogP contribution in [-0.4, -0.2) is 35.0 Å². The molecule has 10 heteroatoms. The Hall–Kier alpha value is -2.69. The summed E-state index contributed by atoms with van der Waals surface area (Å²) in [7, 11) is -6.97. The summed E-state index contributed by atoms with van der Waals surface area (Å²) in [5.41, 5.74) is 1.12. The quantitative estimate of drug-likeness (QED) is 0.435. The maximum atomic E-state index is 12.2. The number of anilines is 1. The van der Waals surface area contributed by atoms with Gasteiger partial charge in [0.25, 0.3) is 10.0 Å². The highest BCUT2D eigenvalue weighted by Crippen LogP contribution is 2.20. The van der Waals surface area contributed by atoms with Crippen LogP contribution in [0.1, 0.15) is 12.0 Å². The van der Waals surface area contributed by atoms with Crippen molar-refractivity contribution in [3.63, 3.8) is 0 Å². The first-order valence-corrected chi connectivity index (χ1v) is 13.5. The molecule has 0 bridgehead atoms. The third kappa shape index (κ3) is 6.65. The second-order valence-electron chi connectivity index (χ2n) is 6.75. The molecular formula is C21H22N2O5S3. The SMILES string of the molecule is O=C(Cc1ccc(NS(=O)(=O)c2cccs2)cc1)NCCCS(=O)(=O)c1ccccc1. The first-order chi connectivity index (χ1) is 14.8. The molecular weight excluding hydrogens is 456 g/mol. The minimum absolute atomic E-state index is 0.0453. The summed E-state index contributed by atoms with van der Waals surface area (Å²) in [6.07, 6.45) is 0.426. The number of thiophene rings is 1. The van der Waals surface area contributed by atoms with Crippen LogP contribution in [0.25, 0.3) is 0 Å². The van der Waals surface area contributed by atoms with Gasteiger partial charge < -0.3 is 5.32 Å². The highest BCUT2D eigenvalue weighted by Gasteiger charge is 2.15. The third-order valence-electron chi connectivity index (χ3n) is 4.35. The van der Waals surface area contributed by atoms with E-state index in [1.54, 1.807) is 66.0 Å². The van der Waals surface area contributed by atoms with Crippen LogP contribution in [-0.2, 0) is 31.1 Å². The molecule has 0 fully saturated rings. The maximum Gasteiger partial charge on any atom is 0.271 e. The Kier molecular flexibility index (Phi) is 7.47. The standard InChI is InChI=1S/C21H22N2O5S3/c24-20(22-13-5-15-30(25,26)19-6-2-1-3-7-19)16-17-9-11-18(12-10-17)23-31(27,28)21-8-4-14-29-21/h1-4,6-12,14,23H,5,13,15-16H2,(H,22,24). The molecule has 0 aliphatic carbocycles. The smallest absolute Gasteiger partial charge is 0.271 e. The Morgan fingerprint density at radius 3 is 2.23 bits per heavy atom. The number of amides is 1. The van der Waals surface area contributed by atoms with Crippen LogP contribution in [0.2, 0.25) is 0 Å². The number of rotatable bonds is 10. The molecule has 2 aromatic carbocycles. The predicted molar refractivity (Wildman–Crippen MR) is 121 cm³/mol. The van der Waals surface area contributed by atoms with Gasteiger partial charge in [0, 0.05) is 12.2 Å². The second kappa shape index (κ2) is 10.1. The van der Waals surface area contributed by atoms with Gasteiger partial charge in [0.1, 0.15) is 4.21 Å². The van der Waals surface area contributed by atoms with Crippen molar-refractivity contribution in [3.05, 3.63) is 77.7 Å². The van der Waals surface area contributed by atoms with Crippen molar-refractivity contribution in [3.8, 4) is 0 Å². The molecule has 164 valence electrons. The summed E-state index contributed by atoms with van der Waals surface area (Å²) in [5, 5.41) is 4.40. The molecule has 1 heterocycles. The largest absolute Gasteiger partial charge is 0.356 e. The Bertz CT molecular complexity index is 1210. The molecule has 2 N–H and O–H groups in total. The molecule has 0 saturated heterocycles. The van der Waals surface area contributed by atoms with E-state index >= 15 is 0 Å². The molecule has 7 nitrogen and oxygen atoms in total.